The number of aliphatic carboxylic acids is 1. The minimum atomic E-state index is -1.15. The summed E-state index contributed by atoms with van der Waals surface area (Å²) in [6, 6.07) is 25.5. The van der Waals surface area contributed by atoms with Crippen molar-refractivity contribution in [2.75, 3.05) is 23.0 Å². The summed E-state index contributed by atoms with van der Waals surface area (Å²) in [6.07, 6.45) is -0.464. The Labute approximate surface area is 199 Å². The molecule has 0 saturated carbocycles. The van der Waals surface area contributed by atoms with E-state index < -0.39 is 18.1 Å². The Morgan fingerprint density at radius 3 is 1.97 bits per heavy atom. The number of benzene rings is 3. The molecule has 6 nitrogen and oxygen atoms in total. The molecule has 1 aliphatic rings. The van der Waals surface area contributed by atoms with Crippen molar-refractivity contribution in [2.45, 2.75) is 26.9 Å². The number of hydrogen-bond acceptors (Lipinski definition) is 5. The van der Waals surface area contributed by atoms with Crippen molar-refractivity contribution < 1.29 is 19.4 Å². The number of carboxylic acid groups (broad SMARTS) is 1. The molecule has 1 aliphatic heterocycles. The van der Waals surface area contributed by atoms with Crippen molar-refractivity contribution in [2.24, 2.45) is 0 Å². The number of aryl methyl sites for hydroxylation is 2. The van der Waals surface area contributed by atoms with E-state index >= 15 is 0 Å². The molecule has 0 spiro atoms. The van der Waals surface area contributed by atoms with E-state index in [-0.39, 0.29) is 24.4 Å². The molecule has 3 aromatic rings. The molecule has 1 unspecified atom stereocenters. The van der Waals surface area contributed by atoms with Gasteiger partial charge in [-0.15, -0.1) is 0 Å². The second kappa shape index (κ2) is 9.83. The number of rotatable bonds is 6. The van der Waals surface area contributed by atoms with Crippen LogP contribution >= 0.6 is 0 Å². The van der Waals surface area contributed by atoms with Crippen molar-refractivity contribution >= 4 is 23.3 Å². The summed E-state index contributed by atoms with van der Waals surface area (Å²) in [5, 5.41) is 10.2. The highest BCUT2D eigenvalue weighted by molar-refractivity contribution is 6.04. The Balaban J connectivity index is 2.01. The normalized spacial score (nSPS) is 15.9. The summed E-state index contributed by atoms with van der Waals surface area (Å²) < 4.78 is 5.36. The van der Waals surface area contributed by atoms with Crippen LogP contribution in [0.1, 0.15) is 29.8 Å². The fourth-order valence-corrected chi connectivity index (χ4v) is 4.23. The van der Waals surface area contributed by atoms with Crippen LogP contribution in [-0.2, 0) is 14.3 Å². The fourth-order valence-electron chi connectivity index (χ4n) is 4.23. The maximum atomic E-state index is 13.2. The Kier molecular flexibility index (Phi) is 6.68. The molecule has 0 saturated heterocycles. The molecule has 4 rings (SSSR count). The maximum Gasteiger partial charge on any atom is 0.355 e. The summed E-state index contributed by atoms with van der Waals surface area (Å²) in [7, 11) is 0. The first kappa shape index (κ1) is 23.1. The molecule has 0 aromatic heterocycles. The third-order valence-corrected chi connectivity index (χ3v) is 5.90. The topological polar surface area (TPSA) is 70.1 Å². The smallest absolute Gasteiger partial charge is 0.355 e. The van der Waals surface area contributed by atoms with Crippen LogP contribution in [0.4, 0.5) is 11.4 Å². The van der Waals surface area contributed by atoms with Crippen molar-refractivity contribution in [3.05, 3.63) is 107 Å². The lowest BCUT2D eigenvalue weighted by molar-refractivity contribution is -0.140. The molecular formula is C28H28N2O4. The van der Waals surface area contributed by atoms with E-state index in [1.165, 1.54) is 0 Å². The number of carbonyl (C=O) groups excluding carboxylic acids is 1. The zero-order valence-corrected chi connectivity index (χ0v) is 19.6. The Morgan fingerprint density at radius 2 is 1.44 bits per heavy atom. The average molecular weight is 457 g/mol. The first-order valence-corrected chi connectivity index (χ1v) is 11.3. The second-order valence-corrected chi connectivity index (χ2v) is 8.31. The number of carbonyl (C=O) groups is 2. The molecule has 0 radical (unpaired) electrons. The lowest BCUT2D eigenvalue weighted by Crippen LogP contribution is -2.50. The molecule has 3 aromatic carbocycles. The SMILES string of the molecule is CCOC(=O)C1=C(C(=O)O)CN(c2ccc(C)cc2)C(c2ccccc2)N1c1ccc(C)cc1. The van der Waals surface area contributed by atoms with Crippen molar-refractivity contribution in [3.8, 4) is 0 Å². The zero-order chi connectivity index (χ0) is 24.2. The molecule has 0 aliphatic carbocycles. The van der Waals surface area contributed by atoms with Crippen molar-refractivity contribution in [1.82, 2.24) is 0 Å². The second-order valence-electron chi connectivity index (χ2n) is 8.31. The summed E-state index contributed by atoms with van der Waals surface area (Å²) in [6.45, 7) is 5.90. The number of hydrogen-bond donors (Lipinski definition) is 1. The van der Waals surface area contributed by atoms with E-state index in [1.54, 1.807) is 11.8 Å². The van der Waals surface area contributed by atoms with Gasteiger partial charge in [0, 0.05) is 11.4 Å². The van der Waals surface area contributed by atoms with E-state index in [9.17, 15) is 14.7 Å². The molecule has 0 fully saturated rings. The van der Waals surface area contributed by atoms with Crippen LogP contribution in [0.3, 0.4) is 0 Å². The standard InChI is InChI=1S/C28H28N2O4/c1-4-34-28(33)25-24(27(31)32)18-29(22-14-10-19(2)11-15-22)26(21-8-6-5-7-9-21)30(25)23-16-12-20(3)13-17-23/h5-17,26H,4,18H2,1-3H3,(H,31,32). The van der Waals surface area contributed by atoms with E-state index in [0.29, 0.717) is 5.69 Å². The van der Waals surface area contributed by atoms with Crippen LogP contribution < -0.4 is 9.80 Å². The Hall–Kier alpha value is -4.06. The maximum absolute atomic E-state index is 13.2. The van der Waals surface area contributed by atoms with Crippen LogP contribution in [0.25, 0.3) is 0 Å². The predicted octanol–water partition coefficient (Wildman–Crippen LogP) is 5.23. The van der Waals surface area contributed by atoms with E-state index in [2.05, 4.69) is 0 Å². The number of nitrogens with zero attached hydrogens (tertiary/aromatic N) is 2. The highest BCUT2D eigenvalue weighted by Gasteiger charge is 2.42. The van der Waals surface area contributed by atoms with Gasteiger partial charge in [0.15, 0.2) is 0 Å². The molecule has 6 heteroatoms. The van der Waals surface area contributed by atoms with Gasteiger partial charge in [-0.2, -0.15) is 0 Å². The molecule has 1 N–H and O–H groups in total. The quantitative estimate of drug-likeness (QED) is 0.512. The van der Waals surface area contributed by atoms with Crippen LogP contribution in [0, 0.1) is 13.8 Å². The molecular weight excluding hydrogens is 428 g/mol. The highest BCUT2D eigenvalue weighted by Crippen LogP contribution is 2.41. The van der Waals surface area contributed by atoms with Gasteiger partial charge in [-0.25, -0.2) is 9.59 Å². The summed E-state index contributed by atoms with van der Waals surface area (Å²) >= 11 is 0. The Morgan fingerprint density at radius 1 is 0.882 bits per heavy atom. The molecule has 1 atom stereocenters. The summed E-state index contributed by atoms with van der Waals surface area (Å²) in [5.41, 5.74) is 4.70. The lowest BCUT2D eigenvalue weighted by Gasteiger charge is -2.46. The van der Waals surface area contributed by atoms with Crippen LogP contribution in [0.15, 0.2) is 90.1 Å². The number of ether oxygens (including phenoxy) is 1. The van der Waals surface area contributed by atoms with Gasteiger partial charge < -0.3 is 19.6 Å². The van der Waals surface area contributed by atoms with E-state index in [4.69, 9.17) is 4.74 Å². The van der Waals surface area contributed by atoms with E-state index in [1.807, 2.05) is 97.6 Å². The number of esters is 1. The minimum Gasteiger partial charge on any atom is -0.478 e. The van der Waals surface area contributed by atoms with Gasteiger partial charge in [0.25, 0.3) is 0 Å². The lowest BCUT2D eigenvalue weighted by atomic mass is 9.99. The Bertz CT molecular complexity index is 1200. The van der Waals surface area contributed by atoms with Gasteiger partial charge in [-0.1, -0.05) is 65.7 Å². The molecule has 0 bridgehead atoms. The molecule has 1 heterocycles. The van der Waals surface area contributed by atoms with Gasteiger partial charge in [0.1, 0.15) is 11.9 Å². The monoisotopic (exact) mass is 456 g/mol. The third-order valence-electron chi connectivity index (χ3n) is 5.90. The summed E-state index contributed by atoms with van der Waals surface area (Å²) in [4.78, 5) is 29.5. The van der Waals surface area contributed by atoms with Crippen molar-refractivity contribution in [3.63, 3.8) is 0 Å². The number of anilines is 2. The molecule has 174 valence electrons. The van der Waals surface area contributed by atoms with Crippen LogP contribution in [0.2, 0.25) is 0 Å². The van der Waals surface area contributed by atoms with Crippen LogP contribution in [0.5, 0.6) is 0 Å². The summed E-state index contributed by atoms with van der Waals surface area (Å²) in [5.74, 6) is -1.80. The third kappa shape index (κ3) is 4.53. The van der Waals surface area contributed by atoms with Gasteiger partial charge in [-0.3, -0.25) is 0 Å². The highest BCUT2D eigenvalue weighted by atomic mass is 16.5. The van der Waals surface area contributed by atoms with Gasteiger partial charge in [0.2, 0.25) is 0 Å². The van der Waals surface area contributed by atoms with E-state index in [0.717, 1.165) is 22.4 Å². The first-order valence-electron chi connectivity index (χ1n) is 11.3. The largest absolute Gasteiger partial charge is 0.478 e. The van der Waals surface area contributed by atoms with Gasteiger partial charge in [-0.05, 0) is 50.6 Å². The van der Waals surface area contributed by atoms with Gasteiger partial charge >= 0.3 is 11.9 Å². The average Bonchev–Trinajstić information content (AvgIpc) is 2.84. The number of carboxylic acids is 1. The fraction of sp³-hybridized carbons (Fsp3) is 0.214. The zero-order valence-electron chi connectivity index (χ0n) is 19.6. The first-order chi connectivity index (χ1) is 16.4. The van der Waals surface area contributed by atoms with Gasteiger partial charge in [0.05, 0.1) is 18.7 Å². The molecule has 0 amide bonds. The predicted molar refractivity (Wildman–Crippen MR) is 133 cm³/mol. The van der Waals surface area contributed by atoms with Crippen molar-refractivity contribution in [1.29, 1.82) is 0 Å². The minimum absolute atomic E-state index is 0.00761. The molecule has 34 heavy (non-hydrogen) atoms. The van der Waals surface area contributed by atoms with Crippen LogP contribution in [-0.4, -0.2) is 30.2 Å².